The van der Waals surface area contributed by atoms with E-state index in [1.807, 2.05) is 46.2 Å². The molecule has 2 N–H and O–H groups in total. The second-order valence-corrected chi connectivity index (χ2v) is 12.5. The number of hydrogen-bond donors (Lipinski definition) is 2. The molecule has 2 aromatic carbocycles. The molecule has 43 heavy (non-hydrogen) atoms. The van der Waals surface area contributed by atoms with Crippen LogP contribution in [0.25, 0.3) is 22.1 Å². The van der Waals surface area contributed by atoms with Crippen molar-refractivity contribution in [3.05, 3.63) is 59.2 Å². The lowest BCUT2D eigenvalue weighted by molar-refractivity contribution is -0.142. The molecule has 1 saturated carbocycles. The van der Waals surface area contributed by atoms with E-state index < -0.39 is 0 Å². The van der Waals surface area contributed by atoms with E-state index in [2.05, 4.69) is 21.8 Å². The Morgan fingerprint density at radius 1 is 0.791 bits per heavy atom. The van der Waals surface area contributed by atoms with E-state index in [9.17, 15) is 9.59 Å². The fourth-order valence-electron chi connectivity index (χ4n) is 6.98. The van der Waals surface area contributed by atoms with Crippen LogP contribution < -0.4 is 0 Å². The predicted molar refractivity (Wildman–Crippen MR) is 162 cm³/mol. The molecular formula is C34H36N6O3. The van der Waals surface area contributed by atoms with Crippen LogP contribution in [0.4, 0.5) is 0 Å². The lowest BCUT2D eigenvalue weighted by atomic mass is 10.1. The number of nitrogens with zero attached hydrogens (tertiary/aromatic N) is 4. The van der Waals surface area contributed by atoms with Crippen LogP contribution in [0.2, 0.25) is 0 Å². The van der Waals surface area contributed by atoms with Gasteiger partial charge in [0.15, 0.2) is 0 Å². The molecule has 8 rings (SSSR count). The van der Waals surface area contributed by atoms with Crippen LogP contribution in [0.5, 0.6) is 0 Å². The number of amides is 2. The number of aromatic nitrogens is 4. The predicted octanol–water partition coefficient (Wildman–Crippen LogP) is 5.15. The molecule has 220 valence electrons. The zero-order valence-electron chi connectivity index (χ0n) is 24.3. The molecule has 0 radical (unpaired) electrons. The number of hydrogen-bond acceptors (Lipinski definition) is 5. The summed E-state index contributed by atoms with van der Waals surface area (Å²) in [6.07, 6.45) is 8.33. The SMILES string of the molecule is O=C(CC1CC1)N1CCC[C@H]1c1nc2ccc(C#Cc3ccc4[nH]c([C@@H]5CCCN5C(=O)[C@H]5CCCO5)nc4c3)cc2[nH]1. The molecule has 0 unspecified atom stereocenters. The number of carbonyl (C=O) groups excluding carboxylic acids is 2. The van der Waals surface area contributed by atoms with Gasteiger partial charge in [-0.1, -0.05) is 11.8 Å². The summed E-state index contributed by atoms with van der Waals surface area (Å²) in [6, 6.07) is 12.0. The van der Waals surface area contributed by atoms with E-state index in [0.717, 1.165) is 96.5 Å². The Hall–Kier alpha value is -4.16. The summed E-state index contributed by atoms with van der Waals surface area (Å²) in [5, 5.41) is 0. The third kappa shape index (κ3) is 5.18. The van der Waals surface area contributed by atoms with E-state index >= 15 is 0 Å². The van der Waals surface area contributed by atoms with Gasteiger partial charge in [0.05, 0.1) is 34.2 Å². The third-order valence-corrected chi connectivity index (χ3v) is 9.46. The molecule has 4 aromatic rings. The van der Waals surface area contributed by atoms with Crippen LogP contribution in [0.15, 0.2) is 36.4 Å². The van der Waals surface area contributed by atoms with Gasteiger partial charge in [-0.3, -0.25) is 9.59 Å². The quantitative estimate of drug-likeness (QED) is 0.320. The zero-order valence-corrected chi connectivity index (χ0v) is 24.3. The summed E-state index contributed by atoms with van der Waals surface area (Å²) < 4.78 is 5.67. The van der Waals surface area contributed by atoms with Crippen LogP contribution in [0, 0.1) is 17.8 Å². The third-order valence-electron chi connectivity index (χ3n) is 9.46. The maximum absolute atomic E-state index is 13.1. The van der Waals surface area contributed by atoms with Crippen LogP contribution in [0.1, 0.15) is 92.6 Å². The molecule has 0 bridgehead atoms. The summed E-state index contributed by atoms with van der Waals surface area (Å²) in [5.74, 6) is 9.26. The number of ether oxygens (including phenoxy) is 1. The number of H-pyrrole nitrogens is 2. The molecular weight excluding hydrogens is 540 g/mol. The van der Waals surface area contributed by atoms with Gasteiger partial charge in [0, 0.05) is 37.2 Å². The molecule has 2 amide bonds. The number of fused-ring (bicyclic) bond motifs is 2. The number of imidazole rings is 2. The highest BCUT2D eigenvalue weighted by Crippen LogP contribution is 2.37. The highest BCUT2D eigenvalue weighted by Gasteiger charge is 2.37. The van der Waals surface area contributed by atoms with Crippen molar-refractivity contribution in [1.29, 1.82) is 0 Å². The monoisotopic (exact) mass is 576 g/mol. The number of rotatable bonds is 5. The fraction of sp³-hybridized carbons (Fsp3) is 0.471. The number of benzene rings is 2. The molecule has 4 aliphatic rings. The summed E-state index contributed by atoms with van der Waals surface area (Å²) in [5.41, 5.74) is 5.41. The molecule has 0 spiro atoms. The lowest BCUT2D eigenvalue weighted by Crippen LogP contribution is -2.38. The van der Waals surface area contributed by atoms with Gasteiger partial charge in [-0.15, -0.1) is 0 Å². The highest BCUT2D eigenvalue weighted by atomic mass is 16.5. The van der Waals surface area contributed by atoms with Crippen molar-refractivity contribution in [1.82, 2.24) is 29.7 Å². The van der Waals surface area contributed by atoms with Crippen molar-refractivity contribution in [2.45, 2.75) is 76.0 Å². The van der Waals surface area contributed by atoms with Crippen LogP contribution in [-0.2, 0) is 14.3 Å². The minimum Gasteiger partial charge on any atom is -0.368 e. The second kappa shape index (κ2) is 10.8. The van der Waals surface area contributed by atoms with Gasteiger partial charge in [-0.25, -0.2) is 9.97 Å². The summed E-state index contributed by atoms with van der Waals surface area (Å²) in [7, 11) is 0. The first-order valence-electron chi connectivity index (χ1n) is 15.8. The highest BCUT2D eigenvalue weighted by molar-refractivity contribution is 5.83. The molecule has 9 nitrogen and oxygen atoms in total. The zero-order chi connectivity index (χ0) is 28.9. The molecule has 3 atom stereocenters. The smallest absolute Gasteiger partial charge is 0.252 e. The van der Waals surface area contributed by atoms with Gasteiger partial charge >= 0.3 is 0 Å². The maximum atomic E-state index is 13.1. The van der Waals surface area contributed by atoms with Crippen molar-refractivity contribution in [2.75, 3.05) is 19.7 Å². The van der Waals surface area contributed by atoms with Gasteiger partial charge in [-0.05, 0) is 93.7 Å². The van der Waals surface area contributed by atoms with Crippen molar-refractivity contribution in [3.63, 3.8) is 0 Å². The second-order valence-electron chi connectivity index (χ2n) is 12.5. The van der Waals surface area contributed by atoms with E-state index in [-0.39, 0.29) is 30.0 Å². The number of likely N-dealkylation sites (tertiary alicyclic amines) is 2. The largest absolute Gasteiger partial charge is 0.368 e. The molecule has 5 heterocycles. The van der Waals surface area contributed by atoms with Crippen molar-refractivity contribution < 1.29 is 14.3 Å². The minimum absolute atomic E-state index is 0.0316. The Kier molecular flexibility index (Phi) is 6.67. The molecule has 4 fully saturated rings. The van der Waals surface area contributed by atoms with Gasteiger partial charge in [-0.2, -0.15) is 0 Å². The first-order chi connectivity index (χ1) is 21.1. The van der Waals surface area contributed by atoms with E-state index in [1.54, 1.807) is 0 Å². The topological polar surface area (TPSA) is 107 Å². The number of carbonyl (C=O) groups is 2. The Morgan fingerprint density at radius 2 is 1.49 bits per heavy atom. The van der Waals surface area contributed by atoms with Gasteiger partial charge in [0.2, 0.25) is 5.91 Å². The fourth-order valence-corrected chi connectivity index (χ4v) is 6.98. The first kappa shape index (κ1) is 26.5. The van der Waals surface area contributed by atoms with Gasteiger partial charge in [0.1, 0.15) is 17.8 Å². The van der Waals surface area contributed by atoms with Crippen LogP contribution in [-0.4, -0.2) is 67.4 Å². The number of aromatic amines is 2. The van der Waals surface area contributed by atoms with Crippen LogP contribution in [0.3, 0.4) is 0 Å². The average Bonchev–Trinajstić information content (AvgIpc) is 3.64. The normalized spacial score (nSPS) is 23.8. The molecule has 1 aliphatic carbocycles. The van der Waals surface area contributed by atoms with E-state index in [4.69, 9.17) is 14.7 Å². The van der Waals surface area contributed by atoms with Gasteiger partial charge < -0.3 is 24.5 Å². The average molecular weight is 577 g/mol. The first-order valence-corrected chi connectivity index (χ1v) is 15.8. The lowest BCUT2D eigenvalue weighted by Gasteiger charge is -2.25. The van der Waals surface area contributed by atoms with Crippen molar-refractivity contribution >= 4 is 33.9 Å². The van der Waals surface area contributed by atoms with Crippen LogP contribution >= 0.6 is 0 Å². The standard InChI is InChI=1S/C34H36N6O3/c41-31(20-23-9-10-23)39-15-1-4-28(39)32-35-24-13-11-21(18-26(24)37-32)7-8-22-12-14-25-27(19-22)38-33(36-25)29-5-2-16-40(29)34(42)30-6-3-17-43-30/h11-14,18-19,23,28-30H,1-6,9-10,15-17,20H2,(H,35,37)(H,36,38)/t28-,29-,30+/m0/s1. The Morgan fingerprint density at radius 3 is 2.26 bits per heavy atom. The number of nitrogens with one attached hydrogen (secondary N) is 2. The maximum Gasteiger partial charge on any atom is 0.252 e. The summed E-state index contributed by atoms with van der Waals surface area (Å²) >= 11 is 0. The summed E-state index contributed by atoms with van der Waals surface area (Å²) in [6.45, 7) is 2.23. The van der Waals surface area contributed by atoms with E-state index in [1.165, 1.54) is 12.8 Å². The Labute approximate surface area is 250 Å². The van der Waals surface area contributed by atoms with Crippen molar-refractivity contribution in [2.24, 2.45) is 5.92 Å². The van der Waals surface area contributed by atoms with Crippen molar-refractivity contribution in [3.8, 4) is 11.8 Å². The van der Waals surface area contributed by atoms with Gasteiger partial charge in [0.25, 0.3) is 5.91 Å². The molecule has 9 heteroatoms. The minimum atomic E-state index is -0.307. The van der Waals surface area contributed by atoms with E-state index in [0.29, 0.717) is 18.9 Å². The Balaban J connectivity index is 0.993. The molecule has 2 aromatic heterocycles. The summed E-state index contributed by atoms with van der Waals surface area (Å²) in [4.78, 5) is 46.6. The molecule has 3 saturated heterocycles. The molecule has 3 aliphatic heterocycles. The Bertz CT molecular complexity index is 1770.